The van der Waals surface area contributed by atoms with E-state index in [1.165, 1.54) is 4.90 Å². The predicted octanol–water partition coefficient (Wildman–Crippen LogP) is 0.669. The molecule has 0 aliphatic carbocycles. The Morgan fingerprint density at radius 2 is 1.69 bits per heavy atom. The topological polar surface area (TPSA) is 101 Å². The largest absolute Gasteiger partial charge is 0.343 e. The van der Waals surface area contributed by atoms with E-state index in [1.54, 1.807) is 0 Å². The van der Waals surface area contributed by atoms with Gasteiger partial charge in [0.15, 0.2) is 4.90 Å². The van der Waals surface area contributed by atoms with Gasteiger partial charge in [0, 0.05) is 32.3 Å². The third kappa shape index (κ3) is 4.98. The number of likely N-dealkylation sites (tertiary alicyclic amines) is 1. The molecule has 0 spiro atoms. The summed E-state index contributed by atoms with van der Waals surface area (Å²) in [5.41, 5.74) is 0. The first-order chi connectivity index (χ1) is 12.0. The van der Waals surface area contributed by atoms with Crippen molar-refractivity contribution >= 4 is 25.8 Å². The van der Waals surface area contributed by atoms with Gasteiger partial charge in [-0.3, -0.25) is 4.79 Å². The number of carbonyl (C=O) groups is 1. The maximum absolute atomic E-state index is 13.6. The van der Waals surface area contributed by atoms with E-state index in [9.17, 15) is 30.4 Å². The van der Waals surface area contributed by atoms with E-state index >= 15 is 0 Å². The Labute approximate surface area is 151 Å². The molecule has 1 saturated heterocycles. The molecule has 146 valence electrons. The Morgan fingerprint density at radius 3 is 2.19 bits per heavy atom. The van der Waals surface area contributed by atoms with Crippen molar-refractivity contribution in [1.82, 2.24) is 9.62 Å². The number of amides is 1. The molecule has 1 N–H and O–H groups in total. The SMILES string of the molecule is CS(=O)(=O)C1CCN(C(=O)CCNS(=O)(=O)c2c(F)cccc2F)CC1. The molecule has 26 heavy (non-hydrogen) atoms. The number of sulfonamides is 1. The van der Waals surface area contributed by atoms with E-state index in [0.29, 0.717) is 12.8 Å². The lowest BCUT2D eigenvalue weighted by Gasteiger charge is -2.31. The van der Waals surface area contributed by atoms with Crippen molar-refractivity contribution in [3.05, 3.63) is 29.8 Å². The number of halogens is 2. The van der Waals surface area contributed by atoms with Crippen LogP contribution in [0.25, 0.3) is 0 Å². The van der Waals surface area contributed by atoms with Gasteiger partial charge >= 0.3 is 0 Å². The third-order valence-corrected chi connectivity index (χ3v) is 7.41. The maximum Gasteiger partial charge on any atom is 0.246 e. The van der Waals surface area contributed by atoms with Crippen molar-refractivity contribution < 1.29 is 30.4 Å². The van der Waals surface area contributed by atoms with Gasteiger partial charge in [-0.05, 0) is 25.0 Å². The molecule has 1 aromatic carbocycles. The fourth-order valence-electron chi connectivity index (χ4n) is 2.80. The molecule has 7 nitrogen and oxygen atoms in total. The first-order valence-corrected chi connectivity index (χ1v) is 11.4. The van der Waals surface area contributed by atoms with E-state index in [4.69, 9.17) is 0 Å². The molecule has 0 radical (unpaired) electrons. The van der Waals surface area contributed by atoms with Gasteiger partial charge in [-0.2, -0.15) is 0 Å². The number of hydrogen-bond donors (Lipinski definition) is 1. The van der Waals surface area contributed by atoms with Crippen molar-refractivity contribution in [2.24, 2.45) is 0 Å². The number of hydrogen-bond acceptors (Lipinski definition) is 5. The van der Waals surface area contributed by atoms with Gasteiger partial charge in [0.05, 0.1) is 5.25 Å². The zero-order valence-corrected chi connectivity index (χ0v) is 15.7. The highest BCUT2D eigenvalue weighted by molar-refractivity contribution is 7.91. The molecule has 0 aromatic heterocycles. The molecular weight excluding hydrogens is 390 g/mol. The number of nitrogens with zero attached hydrogens (tertiary/aromatic N) is 1. The minimum absolute atomic E-state index is 0.196. The molecule has 1 aliphatic rings. The van der Waals surface area contributed by atoms with Crippen LogP contribution < -0.4 is 4.72 Å². The van der Waals surface area contributed by atoms with Crippen LogP contribution in [0.5, 0.6) is 0 Å². The highest BCUT2D eigenvalue weighted by Gasteiger charge is 2.29. The highest BCUT2D eigenvalue weighted by atomic mass is 32.2. The molecule has 0 bridgehead atoms. The quantitative estimate of drug-likeness (QED) is 0.743. The second-order valence-electron chi connectivity index (χ2n) is 6.11. The van der Waals surface area contributed by atoms with Crippen LogP contribution in [-0.4, -0.2) is 58.8 Å². The van der Waals surface area contributed by atoms with Crippen LogP contribution in [0, 0.1) is 11.6 Å². The van der Waals surface area contributed by atoms with Gasteiger partial charge in [0.25, 0.3) is 0 Å². The van der Waals surface area contributed by atoms with Crippen molar-refractivity contribution in [2.75, 3.05) is 25.9 Å². The van der Waals surface area contributed by atoms with Crippen LogP contribution in [0.2, 0.25) is 0 Å². The molecule has 1 heterocycles. The van der Waals surface area contributed by atoms with Gasteiger partial charge in [0.1, 0.15) is 21.5 Å². The van der Waals surface area contributed by atoms with Crippen LogP contribution in [-0.2, 0) is 24.7 Å². The fraction of sp³-hybridized carbons (Fsp3) is 0.533. The summed E-state index contributed by atoms with van der Waals surface area (Å²) in [5, 5.41) is -0.478. The van der Waals surface area contributed by atoms with Gasteiger partial charge < -0.3 is 4.90 Å². The molecule has 2 rings (SSSR count). The molecule has 0 unspecified atom stereocenters. The Bertz CT molecular complexity index is 859. The van der Waals surface area contributed by atoms with Gasteiger partial charge in [-0.25, -0.2) is 30.3 Å². The molecule has 1 aromatic rings. The summed E-state index contributed by atoms with van der Waals surface area (Å²) in [4.78, 5) is 12.5. The average molecular weight is 410 g/mol. The summed E-state index contributed by atoms with van der Waals surface area (Å²) in [6.45, 7) is 0.220. The van der Waals surface area contributed by atoms with Gasteiger partial charge in [-0.1, -0.05) is 6.07 Å². The van der Waals surface area contributed by atoms with E-state index in [-0.39, 0.29) is 32.0 Å². The van der Waals surface area contributed by atoms with Crippen molar-refractivity contribution in [3.63, 3.8) is 0 Å². The second-order valence-corrected chi connectivity index (χ2v) is 10.1. The van der Waals surface area contributed by atoms with E-state index < -0.39 is 41.6 Å². The maximum atomic E-state index is 13.6. The lowest BCUT2D eigenvalue weighted by atomic mass is 10.1. The molecule has 0 saturated carbocycles. The highest BCUT2D eigenvalue weighted by Crippen LogP contribution is 2.19. The monoisotopic (exact) mass is 410 g/mol. The first kappa shape index (κ1) is 20.7. The van der Waals surface area contributed by atoms with Gasteiger partial charge in [-0.15, -0.1) is 0 Å². The summed E-state index contributed by atoms with van der Waals surface area (Å²) in [7, 11) is -7.58. The summed E-state index contributed by atoms with van der Waals surface area (Å²) >= 11 is 0. The standard InChI is InChI=1S/C15H20F2N2O5S2/c1-25(21,22)11-6-9-19(10-7-11)14(20)5-8-18-26(23,24)15-12(16)3-2-4-13(15)17/h2-4,11,18H,5-10H2,1H3. The molecule has 1 aliphatic heterocycles. The minimum Gasteiger partial charge on any atom is -0.343 e. The van der Waals surface area contributed by atoms with Gasteiger partial charge in [0.2, 0.25) is 15.9 Å². The lowest BCUT2D eigenvalue weighted by Crippen LogP contribution is -2.43. The van der Waals surface area contributed by atoms with Crippen LogP contribution in [0.4, 0.5) is 8.78 Å². The van der Waals surface area contributed by atoms with E-state index in [1.807, 2.05) is 4.72 Å². The van der Waals surface area contributed by atoms with Crippen LogP contribution >= 0.6 is 0 Å². The number of sulfone groups is 1. The normalized spacial score (nSPS) is 16.7. The summed E-state index contributed by atoms with van der Waals surface area (Å²) in [6.07, 6.45) is 1.62. The number of benzene rings is 1. The second kappa shape index (κ2) is 7.97. The molecule has 1 amide bonds. The molecule has 0 atom stereocenters. The summed E-state index contributed by atoms with van der Waals surface area (Å²) in [5.74, 6) is -2.79. The number of rotatable bonds is 6. The lowest BCUT2D eigenvalue weighted by molar-refractivity contribution is -0.131. The predicted molar refractivity (Wildman–Crippen MR) is 90.6 cm³/mol. The van der Waals surface area contributed by atoms with Crippen LogP contribution in [0.15, 0.2) is 23.1 Å². The summed E-state index contributed by atoms with van der Waals surface area (Å²) < 4.78 is 76.1. The zero-order chi connectivity index (χ0) is 19.5. The van der Waals surface area contributed by atoms with Crippen molar-refractivity contribution in [1.29, 1.82) is 0 Å². The Balaban J connectivity index is 1.89. The molecule has 1 fully saturated rings. The minimum atomic E-state index is -4.43. The van der Waals surface area contributed by atoms with Crippen LogP contribution in [0.3, 0.4) is 0 Å². The van der Waals surface area contributed by atoms with Crippen molar-refractivity contribution in [3.8, 4) is 0 Å². The number of carbonyl (C=O) groups excluding carboxylic acids is 1. The Hall–Kier alpha value is -1.59. The Kier molecular flexibility index (Phi) is 6.35. The third-order valence-electron chi connectivity index (χ3n) is 4.22. The van der Waals surface area contributed by atoms with Crippen LogP contribution in [0.1, 0.15) is 19.3 Å². The summed E-state index contributed by atoms with van der Waals surface area (Å²) in [6, 6.07) is 2.71. The zero-order valence-electron chi connectivity index (χ0n) is 14.1. The number of piperidine rings is 1. The average Bonchev–Trinajstić information content (AvgIpc) is 2.53. The Morgan fingerprint density at radius 1 is 1.15 bits per heavy atom. The molecular formula is C15H20F2N2O5S2. The first-order valence-electron chi connectivity index (χ1n) is 7.92. The van der Waals surface area contributed by atoms with E-state index in [2.05, 4.69) is 0 Å². The number of nitrogens with one attached hydrogen (secondary N) is 1. The fourth-order valence-corrected chi connectivity index (χ4v) is 5.03. The van der Waals surface area contributed by atoms with Crippen molar-refractivity contribution in [2.45, 2.75) is 29.4 Å². The molecule has 11 heteroatoms. The van der Waals surface area contributed by atoms with E-state index in [0.717, 1.165) is 24.5 Å². The smallest absolute Gasteiger partial charge is 0.246 e.